The highest BCUT2D eigenvalue weighted by Crippen LogP contribution is 2.32. The molecule has 0 atom stereocenters. The van der Waals surface area contributed by atoms with Gasteiger partial charge in [0.1, 0.15) is 11.9 Å². The Hall–Kier alpha value is -2.57. The molecule has 0 aliphatic rings. The maximum absolute atomic E-state index is 12.4. The van der Waals surface area contributed by atoms with Crippen molar-refractivity contribution < 1.29 is 14.8 Å². The molecule has 30 heavy (non-hydrogen) atoms. The van der Waals surface area contributed by atoms with Crippen LogP contribution < -0.4 is 5.43 Å². The summed E-state index contributed by atoms with van der Waals surface area (Å²) in [5.74, 6) is -0.785. The first kappa shape index (κ1) is 22.1. The number of nitrogens with one attached hydrogen (secondary N) is 1. The van der Waals surface area contributed by atoms with Crippen LogP contribution in [0.5, 0.6) is 5.75 Å². The lowest BCUT2D eigenvalue weighted by Crippen LogP contribution is -2.19. The second-order valence-electron chi connectivity index (χ2n) is 5.98. The summed E-state index contributed by atoms with van der Waals surface area (Å²) in [6.45, 7) is 0.264. The van der Waals surface area contributed by atoms with E-state index in [1.54, 1.807) is 12.1 Å². The SMILES string of the molecule is O=C(NN=Cc1cc(Br)c(O)c(Br)c1)c1nn(Cc2ccc(Br)cc2)cc1[N+](=O)[O-]. The Morgan fingerprint density at radius 1 is 1.23 bits per heavy atom. The molecule has 1 amide bonds. The van der Waals surface area contributed by atoms with Crippen molar-refractivity contribution in [2.24, 2.45) is 5.10 Å². The number of amides is 1. The van der Waals surface area contributed by atoms with E-state index in [1.165, 1.54) is 17.1 Å². The number of hydrazone groups is 1. The Morgan fingerprint density at radius 3 is 2.47 bits per heavy atom. The lowest BCUT2D eigenvalue weighted by atomic mass is 10.2. The number of phenols is 1. The molecule has 0 unspecified atom stereocenters. The number of nitro groups is 1. The van der Waals surface area contributed by atoms with Crippen LogP contribution in [0.2, 0.25) is 0 Å². The molecule has 2 N–H and O–H groups in total. The predicted molar refractivity (Wildman–Crippen MR) is 121 cm³/mol. The molecule has 0 aliphatic heterocycles. The third-order valence-electron chi connectivity index (χ3n) is 3.83. The van der Waals surface area contributed by atoms with Crippen molar-refractivity contribution in [2.45, 2.75) is 6.54 Å². The van der Waals surface area contributed by atoms with Gasteiger partial charge in [0.25, 0.3) is 5.91 Å². The molecule has 0 aliphatic carbocycles. The van der Waals surface area contributed by atoms with Gasteiger partial charge in [0.05, 0.1) is 26.6 Å². The molecule has 3 aromatic rings. The summed E-state index contributed by atoms with van der Waals surface area (Å²) in [6, 6.07) is 10.5. The number of halogens is 3. The molecule has 9 nitrogen and oxygen atoms in total. The van der Waals surface area contributed by atoms with Crippen LogP contribution in [0.1, 0.15) is 21.6 Å². The minimum atomic E-state index is -0.815. The van der Waals surface area contributed by atoms with Crippen molar-refractivity contribution in [1.29, 1.82) is 0 Å². The average Bonchev–Trinajstić information content (AvgIpc) is 3.12. The molecular formula is C18H12Br3N5O4. The molecule has 1 aromatic heterocycles. The maximum atomic E-state index is 12.4. The molecule has 0 radical (unpaired) electrons. The zero-order chi connectivity index (χ0) is 21.8. The maximum Gasteiger partial charge on any atom is 0.320 e. The second-order valence-corrected chi connectivity index (χ2v) is 8.60. The molecule has 154 valence electrons. The van der Waals surface area contributed by atoms with Gasteiger partial charge in [-0.2, -0.15) is 10.2 Å². The fourth-order valence-corrected chi connectivity index (χ4v) is 3.93. The van der Waals surface area contributed by atoms with Gasteiger partial charge >= 0.3 is 5.69 Å². The fraction of sp³-hybridized carbons (Fsp3) is 0.0556. The quantitative estimate of drug-likeness (QED) is 0.243. The Balaban J connectivity index is 1.77. The minimum Gasteiger partial charge on any atom is -0.506 e. The minimum absolute atomic E-state index is 0.0307. The van der Waals surface area contributed by atoms with E-state index in [4.69, 9.17) is 0 Å². The normalized spacial score (nSPS) is 11.0. The number of hydrogen-bond donors (Lipinski definition) is 2. The van der Waals surface area contributed by atoms with Gasteiger partial charge in [-0.25, -0.2) is 5.43 Å². The van der Waals surface area contributed by atoms with Crippen LogP contribution in [-0.2, 0) is 6.54 Å². The smallest absolute Gasteiger partial charge is 0.320 e. The second kappa shape index (κ2) is 9.49. The van der Waals surface area contributed by atoms with Gasteiger partial charge in [-0.05, 0) is 67.3 Å². The zero-order valence-corrected chi connectivity index (χ0v) is 19.7. The Bertz CT molecular complexity index is 1120. The first-order valence-electron chi connectivity index (χ1n) is 8.22. The highest BCUT2D eigenvalue weighted by atomic mass is 79.9. The Kier molecular flexibility index (Phi) is 7.00. The fourth-order valence-electron chi connectivity index (χ4n) is 2.44. The molecule has 2 aromatic carbocycles. The Labute approximate surface area is 195 Å². The van der Waals surface area contributed by atoms with E-state index in [9.17, 15) is 20.0 Å². The summed E-state index contributed by atoms with van der Waals surface area (Å²) in [6.07, 6.45) is 2.53. The molecule has 0 saturated carbocycles. The van der Waals surface area contributed by atoms with Crippen molar-refractivity contribution >= 4 is 65.6 Å². The summed E-state index contributed by atoms with van der Waals surface area (Å²) in [7, 11) is 0. The number of aromatic hydroxyl groups is 1. The number of hydrogen-bond acceptors (Lipinski definition) is 6. The van der Waals surface area contributed by atoms with Crippen molar-refractivity contribution in [2.75, 3.05) is 0 Å². The van der Waals surface area contributed by atoms with E-state index in [0.29, 0.717) is 14.5 Å². The summed E-state index contributed by atoms with van der Waals surface area (Å²) in [4.78, 5) is 23.1. The van der Waals surface area contributed by atoms with Crippen molar-refractivity contribution in [1.82, 2.24) is 15.2 Å². The summed E-state index contributed by atoms with van der Waals surface area (Å²) < 4.78 is 3.11. The van der Waals surface area contributed by atoms with Gasteiger partial charge in [-0.3, -0.25) is 19.6 Å². The van der Waals surface area contributed by atoms with Crippen molar-refractivity contribution in [3.8, 4) is 5.75 Å². The molecular weight excluding hydrogens is 590 g/mol. The van der Waals surface area contributed by atoms with E-state index in [-0.39, 0.29) is 18.0 Å². The first-order chi connectivity index (χ1) is 14.2. The van der Waals surface area contributed by atoms with Gasteiger partial charge in [0, 0.05) is 4.47 Å². The number of carbonyl (C=O) groups is 1. The van der Waals surface area contributed by atoms with Crippen LogP contribution >= 0.6 is 47.8 Å². The highest BCUT2D eigenvalue weighted by molar-refractivity contribution is 9.11. The van der Waals surface area contributed by atoms with Crippen LogP contribution in [0.15, 0.2) is 61.1 Å². The van der Waals surface area contributed by atoms with E-state index < -0.39 is 16.5 Å². The van der Waals surface area contributed by atoms with Gasteiger partial charge in [-0.15, -0.1) is 0 Å². The third kappa shape index (κ3) is 5.32. The van der Waals surface area contributed by atoms with Gasteiger partial charge in [0.2, 0.25) is 5.69 Å². The number of rotatable bonds is 6. The molecule has 0 saturated heterocycles. The predicted octanol–water partition coefficient (Wildman–Crippen LogP) is 4.60. The summed E-state index contributed by atoms with van der Waals surface area (Å²) in [5.41, 5.74) is 2.90. The van der Waals surface area contributed by atoms with Crippen molar-refractivity contribution in [3.63, 3.8) is 0 Å². The number of benzene rings is 2. The molecule has 3 rings (SSSR count). The number of aromatic nitrogens is 2. The van der Waals surface area contributed by atoms with E-state index in [1.807, 2.05) is 24.3 Å². The monoisotopic (exact) mass is 599 g/mol. The number of phenolic OH excluding ortho intramolecular Hbond substituents is 1. The number of nitrogens with zero attached hydrogens (tertiary/aromatic N) is 4. The highest BCUT2D eigenvalue weighted by Gasteiger charge is 2.25. The summed E-state index contributed by atoms with van der Waals surface area (Å²) in [5, 5.41) is 28.9. The van der Waals surface area contributed by atoms with E-state index in [2.05, 4.69) is 63.4 Å². The van der Waals surface area contributed by atoms with Crippen LogP contribution in [0.3, 0.4) is 0 Å². The molecule has 12 heteroatoms. The topological polar surface area (TPSA) is 123 Å². The Morgan fingerprint density at radius 2 is 1.87 bits per heavy atom. The molecule has 0 spiro atoms. The largest absolute Gasteiger partial charge is 0.506 e. The lowest BCUT2D eigenvalue weighted by molar-refractivity contribution is -0.385. The van der Waals surface area contributed by atoms with Gasteiger partial charge in [-0.1, -0.05) is 28.1 Å². The van der Waals surface area contributed by atoms with Crippen LogP contribution in [-0.4, -0.2) is 31.9 Å². The standard InChI is InChI=1S/C18H12Br3N5O4/c19-12-3-1-10(2-4-12)8-25-9-15(26(29)30)16(24-25)18(28)23-22-7-11-5-13(20)17(27)14(21)6-11/h1-7,9,27H,8H2,(H,23,28). The van der Waals surface area contributed by atoms with Gasteiger partial charge in [0.15, 0.2) is 0 Å². The molecule has 0 fully saturated rings. The first-order valence-corrected chi connectivity index (χ1v) is 10.6. The van der Waals surface area contributed by atoms with Crippen molar-refractivity contribution in [3.05, 3.63) is 82.9 Å². The molecule has 1 heterocycles. The third-order valence-corrected chi connectivity index (χ3v) is 5.57. The zero-order valence-electron chi connectivity index (χ0n) is 14.9. The van der Waals surface area contributed by atoms with Gasteiger partial charge < -0.3 is 5.11 Å². The lowest BCUT2D eigenvalue weighted by Gasteiger charge is -2.02. The van der Waals surface area contributed by atoms with Crippen LogP contribution in [0.25, 0.3) is 0 Å². The van der Waals surface area contributed by atoms with E-state index in [0.717, 1.165) is 10.0 Å². The number of carbonyl (C=O) groups excluding carboxylic acids is 1. The van der Waals surface area contributed by atoms with E-state index >= 15 is 0 Å². The summed E-state index contributed by atoms with van der Waals surface area (Å²) >= 11 is 9.73. The van der Waals surface area contributed by atoms with Crippen LogP contribution in [0, 0.1) is 10.1 Å². The average molecular weight is 602 g/mol. The van der Waals surface area contributed by atoms with Crippen LogP contribution in [0.4, 0.5) is 5.69 Å². The molecule has 0 bridgehead atoms.